The molecule has 0 aliphatic rings. The van der Waals surface area contributed by atoms with Crippen LogP contribution >= 0.6 is 0 Å². The summed E-state index contributed by atoms with van der Waals surface area (Å²) in [5.41, 5.74) is 1.08. The van der Waals surface area contributed by atoms with Crippen molar-refractivity contribution in [3.63, 3.8) is 0 Å². The van der Waals surface area contributed by atoms with Gasteiger partial charge in [0.2, 0.25) is 0 Å². The highest BCUT2D eigenvalue weighted by Crippen LogP contribution is 2.07. The van der Waals surface area contributed by atoms with Crippen molar-refractivity contribution in [2.75, 3.05) is 13.1 Å². The zero-order chi connectivity index (χ0) is 12.1. The summed E-state index contributed by atoms with van der Waals surface area (Å²) in [5.74, 6) is -1.31. The summed E-state index contributed by atoms with van der Waals surface area (Å²) in [6, 6.07) is 0. The highest BCUT2D eigenvalue weighted by atomic mass is 16.4. The molecule has 0 aliphatic carbocycles. The summed E-state index contributed by atoms with van der Waals surface area (Å²) in [6.45, 7) is 3.77. The fourth-order valence-electron chi connectivity index (χ4n) is 1.42. The number of carbonyl (C=O) groups excluding carboxylic acids is 1. The molecule has 16 heavy (non-hydrogen) atoms. The molecule has 88 valence electrons. The van der Waals surface area contributed by atoms with E-state index in [0.29, 0.717) is 17.8 Å². The Morgan fingerprint density at radius 2 is 2.25 bits per heavy atom. The maximum atomic E-state index is 12.0. The molecule has 0 spiro atoms. The molecule has 0 bridgehead atoms. The standard InChI is InChI=1S/C10H15N3O3/c1-3-4-13(6-9(14)15)10(16)8-5-11-12-7(8)2/h5H,3-4,6H2,1-2H3,(H,11,12)(H,14,15). The summed E-state index contributed by atoms with van der Waals surface area (Å²) >= 11 is 0. The van der Waals surface area contributed by atoms with Crippen molar-refractivity contribution >= 4 is 11.9 Å². The highest BCUT2D eigenvalue weighted by molar-refractivity contribution is 5.96. The second-order valence-corrected chi connectivity index (χ2v) is 3.53. The number of carboxylic acid groups (broad SMARTS) is 1. The van der Waals surface area contributed by atoms with Gasteiger partial charge in [0.05, 0.1) is 11.8 Å². The lowest BCUT2D eigenvalue weighted by molar-refractivity contribution is -0.137. The first-order valence-electron chi connectivity index (χ1n) is 5.07. The Balaban J connectivity index is 2.82. The molecule has 0 aliphatic heterocycles. The van der Waals surface area contributed by atoms with Gasteiger partial charge < -0.3 is 10.0 Å². The summed E-state index contributed by atoms with van der Waals surface area (Å²) in [7, 11) is 0. The molecule has 1 rings (SSSR count). The van der Waals surface area contributed by atoms with Crippen LogP contribution in [0.3, 0.4) is 0 Å². The highest BCUT2D eigenvalue weighted by Gasteiger charge is 2.20. The van der Waals surface area contributed by atoms with E-state index in [4.69, 9.17) is 5.11 Å². The van der Waals surface area contributed by atoms with E-state index < -0.39 is 5.97 Å². The first-order valence-corrected chi connectivity index (χ1v) is 5.07. The van der Waals surface area contributed by atoms with Gasteiger partial charge in [-0.3, -0.25) is 14.7 Å². The number of hydrogen-bond donors (Lipinski definition) is 2. The number of aryl methyl sites for hydroxylation is 1. The Labute approximate surface area is 93.3 Å². The topological polar surface area (TPSA) is 86.3 Å². The number of aromatic nitrogens is 2. The summed E-state index contributed by atoms with van der Waals surface area (Å²) in [5, 5.41) is 15.1. The molecular formula is C10H15N3O3. The van der Waals surface area contributed by atoms with Crippen LogP contribution in [0.4, 0.5) is 0 Å². The number of nitrogens with zero attached hydrogens (tertiary/aromatic N) is 2. The molecule has 1 aromatic rings. The largest absolute Gasteiger partial charge is 0.480 e. The molecular weight excluding hydrogens is 210 g/mol. The zero-order valence-corrected chi connectivity index (χ0v) is 9.36. The number of amides is 1. The maximum absolute atomic E-state index is 12.0. The Morgan fingerprint density at radius 1 is 1.56 bits per heavy atom. The predicted molar refractivity (Wildman–Crippen MR) is 57.2 cm³/mol. The Morgan fingerprint density at radius 3 is 2.69 bits per heavy atom. The van der Waals surface area contributed by atoms with E-state index in [1.807, 2.05) is 6.92 Å². The minimum absolute atomic E-state index is 0.280. The minimum atomic E-state index is -1.01. The molecule has 1 heterocycles. The number of carbonyl (C=O) groups is 2. The summed E-state index contributed by atoms with van der Waals surface area (Å²) in [6.07, 6.45) is 2.14. The van der Waals surface area contributed by atoms with E-state index in [-0.39, 0.29) is 12.5 Å². The molecule has 6 nitrogen and oxygen atoms in total. The van der Waals surface area contributed by atoms with Crippen LogP contribution in [0.15, 0.2) is 6.20 Å². The van der Waals surface area contributed by atoms with E-state index in [9.17, 15) is 9.59 Å². The van der Waals surface area contributed by atoms with Crippen LogP contribution < -0.4 is 0 Å². The van der Waals surface area contributed by atoms with Crippen LogP contribution in [0.2, 0.25) is 0 Å². The lowest BCUT2D eigenvalue weighted by Crippen LogP contribution is -2.36. The smallest absolute Gasteiger partial charge is 0.323 e. The van der Waals surface area contributed by atoms with E-state index in [0.717, 1.165) is 6.42 Å². The zero-order valence-electron chi connectivity index (χ0n) is 9.36. The third-order valence-electron chi connectivity index (χ3n) is 2.17. The van der Waals surface area contributed by atoms with Gasteiger partial charge in [0.1, 0.15) is 6.54 Å². The minimum Gasteiger partial charge on any atom is -0.480 e. The lowest BCUT2D eigenvalue weighted by Gasteiger charge is -2.19. The van der Waals surface area contributed by atoms with Crippen molar-refractivity contribution in [1.29, 1.82) is 0 Å². The first kappa shape index (κ1) is 12.2. The van der Waals surface area contributed by atoms with E-state index in [1.165, 1.54) is 11.1 Å². The Hall–Kier alpha value is -1.85. The molecule has 0 saturated heterocycles. The van der Waals surface area contributed by atoms with Crippen molar-refractivity contribution in [3.8, 4) is 0 Å². The number of carboxylic acids is 1. The van der Waals surface area contributed by atoms with Gasteiger partial charge in [0.15, 0.2) is 0 Å². The number of nitrogens with one attached hydrogen (secondary N) is 1. The van der Waals surface area contributed by atoms with E-state index >= 15 is 0 Å². The molecule has 1 aromatic heterocycles. The monoisotopic (exact) mass is 225 g/mol. The lowest BCUT2D eigenvalue weighted by atomic mass is 10.2. The van der Waals surface area contributed by atoms with Crippen LogP contribution in [0.1, 0.15) is 29.4 Å². The SMILES string of the molecule is CCCN(CC(=O)O)C(=O)c1cn[nH]c1C. The molecule has 0 atom stereocenters. The van der Waals surface area contributed by atoms with E-state index in [2.05, 4.69) is 10.2 Å². The second-order valence-electron chi connectivity index (χ2n) is 3.53. The number of aromatic amines is 1. The summed E-state index contributed by atoms with van der Waals surface area (Å²) in [4.78, 5) is 23.9. The molecule has 1 amide bonds. The number of rotatable bonds is 5. The van der Waals surface area contributed by atoms with Gasteiger partial charge in [0.25, 0.3) is 5.91 Å². The quantitative estimate of drug-likeness (QED) is 0.770. The van der Waals surface area contributed by atoms with Crippen LogP contribution in [-0.4, -0.2) is 45.2 Å². The van der Waals surface area contributed by atoms with E-state index in [1.54, 1.807) is 6.92 Å². The van der Waals surface area contributed by atoms with Gasteiger partial charge in [-0.2, -0.15) is 5.10 Å². The molecule has 6 heteroatoms. The fourth-order valence-corrected chi connectivity index (χ4v) is 1.42. The number of H-pyrrole nitrogens is 1. The maximum Gasteiger partial charge on any atom is 0.323 e. The fraction of sp³-hybridized carbons (Fsp3) is 0.500. The van der Waals surface area contributed by atoms with Gasteiger partial charge >= 0.3 is 5.97 Å². The molecule has 0 fully saturated rings. The average molecular weight is 225 g/mol. The van der Waals surface area contributed by atoms with Crippen molar-refractivity contribution in [2.45, 2.75) is 20.3 Å². The van der Waals surface area contributed by atoms with Gasteiger partial charge in [-0.25, -0.2) is 0 Å². The van der Waals surface area contributed by atoms with Gasteiger partial charge in [-0.15, -0.1) is 0 Å². The van der Waals surface area contributed by atoms with Crippen molar-refractivity contribution in [2.24, 2.45) is 0 Å². The number of hydrogen-bond acceptors (Lipinski definition) is 3. The van der Waals surface area contributed by atoms with Crippen LogP contribution in [-0.2, 0) is 4.79 Å². The molecule has 2 N–H and O–H groups in total. The molecule has 0 aromatic carbocycles. The van der Waals surface area contributed by atoms with Gasteiger partial charge in [0, 0.05) is 12.2 Å². The second kappa shape index (κ2) is 5.29. The van der Waals surface area contributed by atoms with Crippen LogP contribution in [0, 0.1) is 6.92 Å². The van der Waals surface area contributed by atoms with Crippen LogP contribution in [0.25, 0.3) is 0 Å². The van der Waals surface area contributed by atoms with Crippen molar-refractivity contribution in [1.82, 2.24) is 15.1 Å². The third kappa shape index (κ3) is 2.82. The van der Waals surface area contributed by atoms with Crippen molar-refractivity contribution < 1.29 is 14.7 Å². The average Bonchev–Trinajstić information content (AvgIpc) is 2.62. The normalized spacial score (nSPS) is 10.1. The first-order chi connectivity index (χ1) is 7.56. The van der Waals surface area contributed by atoms with Crippen LogP contribution in [0.5, 0.6) is 0 Å². The Kier molecular flexibility index (Phi) is 4.04. The molecule has 0 radical (unpaired) electrons. The van der Waals surface area contributed by atoms with Crippen molar-refractivity contribution in [3.05, 3.63) is 17.5 Å². The number of aliphatic carboxylic acids is 1. The Bertz CT molecular complexity index is 386. The van der Waals surface area contributed by atoms with Gasteiger partial charge in [-0.05, 0) is 13.3 Å². The molecule has 0 unspecified atom stereocenters. The predicted octanol–water partition coefficient (Wildman–Crippen LogP) is 0.655. The van der Waals surface area contributed by atoms with Gasteiger partial charge in [-0.1, -0.05) is 6.92 Å². The third-order valence-corrected chi connectivity index (χ3v) is 2.17. The molecule has 0 saturated carbocycles. The summed E-state index contributed by atoms with van der Waals surface area (Å²) < 4.78 is 0.